The molecule has 0 unspecified atom stereocenters. The van der Waals surface area contributed by atoms with Gasteiger partial charge in [0, 0.05) is 18.0 Å². The van der Waals surface area contributed by atoms with Gasteiger partial charge in [-0.05, 0) is 44.1 Å². The molecular formula is C18H27N3S. The van der Waals surface area contributed by atoms with E-state index in [1.807, 2.05) is 11.3 Å². The standard InChI is InChI=1S/C18H27N3S/c1-3-5-11-21(12-6-4-2)17-16-14-9-7-8-10-15(14)22-18(16)20-13-19-17/h13H,3-12H2,1-2H3. The van der Waals surface area contributed by atoms with E-state index in [2.05, 4.69) is 23.7 Å². The lowest BCUT2D eigenvalue weighted by Gasteiger charge is -2.25. The van der Waals surface area contributed by atoms with Crippen LogP contribution in [0.4, 0.5) is 5.82 Å². The highest BCUT2D eigenvalue weighted by Crippen LogP contribution is 2.39. The zero-order chi connectivity index (χ0) is 15.4. The first kappa shape index (κ1) is 15.7. The van der Waals surface area contributed by atoms with Gasteiger partial charge in [-0.1, -0.05) is 26.7 Å². The van der Waals surface area contributed by atoms with E-state index in [0.717, 1.165) is 13.1 Å². The van der Waals surface area contributed by atoms with Gasteiger partial charge in [-0.25, -0.2) is 9.97 Å². The normalized spacial score (nSPS) is 14.3. The minimum atomic E-state index is 1.12. The lowest BCUT2D eigenvalue weighted by Crippen LogP contribution is -2.27. The summed E-state index contributed by atoms with van der Waals surface area (Å²) in [5.41, 5.74) is 1.56. The SMILES string of the molecule is CCCCN(CCCC)c1ncnc2sc3c(c12)CCCC3. The average molecular weight is 318 g/mol. The van der Waals surface area contributed by atoms with Crippen LogP contribution in [0, 0.1) is 0 Å². The molecule has 0 fully saturated rings. The third-order valence-corrected chi connectivity index (χ3v) is 5.79. The van der Waals surface area contributed by atoms with E-state index < -0.39 is 0 Å². The quantitative estimate of drug-likeness (QED) is 0.721. The summed E-state index contributed by atoms with van der Waals surface area (Å²) in [7, 11) is 0. The maximum absolute atomic E-state index is 4.71. The fourth-order valence-electron chi connectivity index (χ4n) is 3.33. The second-order valence-electron chi connectivity index (χ2n) is 6.28. The second kappa shape index (κ2) is 7.40. The number of hydrogen-bond acceptors (Lipinski definition) is 4. The summed E-state index contributed by atoms with van der Waals surface area (Å²) >= 11 is 1.90. The fraction of sp³-hybridized carbons (Fsp3) is 0.667. The number of aryl methyl sites for hydroxylation is 2. The van der Waals surface area contributed by atoms with Crippen LogP contribution in [0.2, 0.25) is 0 Å². The van der Waals surface area contributed by atoms with Crippen LogP contribution in [0.3, 0.4) is 0 Å². The summed E-state index contributed by atoms with van der Waals surface area (Å²) in [5.74, 6) is 1.20. The Bertz CT molecular complexity index is 612. The van der Waals surface area contributed by atoms with Gasteiger partial charge in [0.2, 0.25) is 0 Å². The van der Waals surface area contributed by atoms with Gasteiger partial charge in [0.05, 0.1) is 5.39 Å². The van der Waals surface area contributed by atoms with Gasteiger partial charge in [0.15, 0.2) is 0 Å². The van der Waals surface area contributed by atoms with E-state index in [1.165, 1.54) is 67.4 Å². The van der Waals surface area contributed by atoms with Crippen LogP contribution in [0.25, 0.3) is 10.2 Å². The fourth-order valence-corrected chi connectivity index (χ4v) is 4.56. The van der Waals surface area contributed by atoms with Crippen LogP contribution in [-0.4, -0.2) is 23.1 Å². The van der Waals surface area contributed by atoms with Crippen molar-refractivity contribution in [3.05, 3.63) is 16.8 Å². The molecule has 0 N–H and O–H groups in total. The molecule has 0 bridgehead atoms. The summed E-state index contributed by atoms with van der Waals surface area (Å²) in [6.07, 6.45) is 11.8. The van der Waals surface area contributed by atoms with Crippen molar-refractivity contribution in [1.29, 1.82) is 0 Å². The number of aromatic nitrogens is 2. The van der Waals surface area contributed by atoms with Crippen molar-refractivity contribution >= 4 is 27.4 Å². The highest BCUT2D eigenvalue weighted by molar-refractivity contribution is 7.19. The Hall–Kier alpha value is -1.16. The molecule has 2 aromatic heterocycles. The second-order valence-corrected chi connectivity index (χ2v) is 7.37. The summed E-state index contributed by atoms with van der Waals surface area (Å²) in [5, 5.41) is 1.37. The van der Waals surface area contributed by atoms with E-state index >= 15 is 0 Å². The van der Waals surface area contributed by atoms with Gasteiger partial charge in [-0.2, -0.15) is 0 Å². The highest BCUT2D eigenvalue weighted by atomic mass is 32.1. The monoisotopic (exact) mass is 317 g/mol. The number of nitrogens with zero attached hydrogens (tertiary/aromatic N) is 3. The van der Waals surface area contributed by atoms with Crippen LogP contribution in [-0.2, 0) is 12.8 Å². The third kappa shape index (κ3) is 3.12. The smallest absolute Gasteiger partial charge is 0.141 e. The molecule has 0 aliphatic heterocycles. The molecule has 1 aliphatic carbocycles. The molecule has 3 rings (SSSR count). The number of fused-ring (bicyclic) bond motifs is 3. The third-order valence-electron chi connectivity index (χ3n) is 4.59. The molecule has 0 aromatic carbocycles. The maximum atomic E-state index is 4.71. The largest absolute Gasteiger partial charge is 0.356 e. The number of unbranched alkanes of at least 4 members (excludes halogenated alkanes) is 2. The Morgan fingerprint density at radius 1 is 1.05 bits per heavy atom. The molecule has 0 amide bonds. The number of anilines is 1. The van der Waals surface area contributed by atoms with Gasteiger partial charge in [-0.15, -0.1) is 11.3 Å². The van der Waals surface area contributed by atoms with Crippen LogP contribution in [0.15, 0.2) is 6.33 Å². The van der Waals surface area contributed by atoms with E-state index in [0.29, 0.717) is 0 Å². The first-order chi connectivity index (χ1) is 10.8. The van der Waals surface area contributed by atoms with Crippen LogP contribution >= 0.6 is 11.3 Å². The number of rotatable bonds is 7. The Morgan fingerprint density at radius 2 is 1.77 bits per heavy atom. The topological polar surface area (TPSA) is 29.0 Å². The lowest BCUT2D eigenvalue weighted by atomic mass is 9.97. The van der Waals surface area contributed by atoms with Gasteiger partial charge >= 0.3 is 0 Å². The van der Waals surface area contributed by atoms with Crippen molar-refractivity contribution in [1.82, 2.24) is 9.97 Å². The van der Waals surface area contributed by atoms with Gasteiger partial charge in [0.25, 0.3) is 0 Å². The van der Waals surface area contributed by atoms with E-state index in [9.17, 15) is 0 Å². The Balaban J connectivity index is 2.01. The van der Waals surface area contributed by atoms with E-state index in [1.54, 1.807) is 16.8 Å². The highest BCUT2D eigenvalue weighted by Gasteiger charge is 2.22. The number of thiophene rings is 1. The predicted octanol–water partition coefficient (Wildman–Crippen LogP) is 4.98. The molecule has 2 aromatic rings. The molecule has 1 aliphatic rings. The summed E-state index contributed by atoms with van der Waals surface area (Å²) in [4.78, 5) is 14.6. The van der Waals surface area contributed by atoms with Crippen molar-refractivity contribution in [3.8, 4) is 0 Å². The van der Waals surface area contributed by atoms with Crippen molar-refractivity contribution in [3.63, 3.8) is 0 Å². The molecule has 4 heteroatoms. The molecule has 0 saturated heterocycles. The summed E-state index contributed by atoms with van der Waals surface area (Å²) in [6.45, 7) is 6.76. The lowest BCUT2D eigenvalue weighted by molar-refractivity contribution is 0.671. The minimum absolute atomic E-state index is 1.12. The van der Waals surface area contributed by atoms with Gasteiger partial charge < -0.3 is 4.90 Å². The van der Waals surface area contributed by atoms with Crippen molar-refractivity contribution in [2.45, 2.75) is 65.2 Å². The number of hydrogen-bond donors (Lipinski definition) is 0. The van der Waals surface area contributed by atoms with Gasteiger partial charge in [-0.3, -0.25) is 0 Å². The van der Waals surface area contributed by atoms with Gasteiger partial charge in [0.1, 0.15) is 17.0 Å². The summed E-state index contributed by atoms with van der Waals surface area (Å²) in [6, 6.07) is 0. The Kier molecular flexibility index (Phi) is 5.29. The maximum Gasteiger partial charge on any atom is 0.141 e. The minimum Gasteiger partial charge on any atom is -0.356 e. The predicted molar refractivity (Wildman–Crippen MR) is 96.1 cm³/mol. The molecule has 3 nitrogen and oxygen atoms in total. The molecule has 0 spiro atoms. The first-order valence-corrected chi connectivity index (χ1v) is 9.67. The first-order valence-electron chi connectivity index (χ1n) is 8.85. The Morgan fingerprint density at radius 3 is 2.50 bits per heavy atom. The zero-order valence-corrected chi connectivity index (χ0v) is 14.7. The molecule has 0 saturated carbocycles. The summed E-state index contributed by atoms with van der Waals surface area (Å²) < 4.78 is 0. The van der Waals surface area contributed by atoms with Crippen LogP contribution in [0.1, 0.15) is 62.8 Å². The molecular weight excluding hydrogens is 290 g/mol. The van der Waals surface area contributed by atoms with Crippen LogP contribution < -0.4 is 4.90 Å². The Labute approximate surface area is 137 Å². The van der Waals surface area contributed by atoms with Crippen LogP contribution in [0.5, 0.6) is 0 Å². The van der Waals surface area contributed by atoms with Crippen molar-refractivity contribution < 1.29 is 0 Å². The van der Waals surface area contributed by atoms with Crippen molar-refractivity contribution in [2.24, 2.45) is 0 Å². The molecule has 120 valence electrons. The molecule has 2 heterocycles. The average Bonchev–Trinajstić information content (AvgIpc) is 2.94. The molecule has 0 atom stereocenters. The zero-order valence-electron chi connectivity index (χ0n) is 13.9. The molecule has 22 heavy (non-hydrogen) atoms. The van der Waals surface area contributed by atoms with E-state index in [-0.39, 0.29) is 0 Å². The van der Waals surface area contributed by atoms with E-state index in [4.69, 9.17) is 4.98 Å². The van der Waals surface area contributed by atoms with Crippen molar-refractivity contribution in [2.75, 3.05) is 18.0 Å². The molecule has 0 radical (unpaired) electrons.